The van der Waals surface area contributed by atoms with Gasteiger partial charge in [0, 0.05) is 37.9 Å². The summed E-state index contributed by atoms with van der Waals surface area (Å²) in [6, 6.07) is 3.52. The summed E-state index contributed by atoms with van der Waals surface area (Å²) < 4.78 is 14.1. The predicted molar refractivity (Wildman–Crippen MR) is 81.7 cm³/mol. The van der Waals surface area contributed by atoms with Crippen LogP contribution < -0.4 is 4.90 Å². The molecule has 0 bridgehead atoms. The van der Waals surface area contributed by atoms with E-state index >= 15 is 0 Å². The van der Waals surface area contributed by atoms with Crippen molar-refractivity contribution < 1.29 is 14.3 Å². The van der Waals surface area contributed by atoms with Gasteiger partial charge in [-0.3, -0.25) is 9.78 Å². The molecule has 1 aromatic heterocycles. The summed E-state index contributed by atoms with van der Waals surface area (Å²) in [4.78, 5) is 20.4. The van der Waals surface area contributed by atoms with Crippen LogP contribution in [0.5, 0.6) is 0 Å². The smallest absolute Gasteiger partial charge is 0.272 e. The van der Waals surface area contributed by atoms with Gasteiger partial charge in [-0.2, -0.15) is 0 Å². The largest absolute Gasteiger partial charge is 0.393 e. The molecule has 2 fully saturated rings. The average Bonchev–Trinajstić information content (AvgIpc) is 2.98. The Labute approximate surface area is 129 Å². The molecule has 2 aliphatic rings. The number of rotatable bonds is 3. The third kappa shape index (κ3) is 3.06. The average molecular weight is 307 g/mol. The first kappa shape index (κ1) is 15.2. The molecule has 1 amide bonds. The molecular formula is C16H22FN3O2. The van der Waals surface area contributed by atoms with E-state index in [4.69, 9.17) is 5.11 Å². The predicted octanol–water partition coefficient (Wildman–Crippen LogP) is 1.62. The minimum atomic E-state index is -1.54. The summed E-state index contributed by atoms with van der Waals surface area (Å²) in [5.74, 6) is -0.0468. The Morgan fingerprint density at radius 2 is 2.09 bits per heavy atom. The molecule has 0 saturated carbocycles. The van der Waals surface area contributed by atoms with Gasteiger partial charge in [-0.25, -0.2) is 4.39 Å². The van der Waals surface area contributed by atoms with Gasteiger partial charge in [0.2, 0.25) is 0 Å². The number of nitrogens with zero attached hydrogens (tertiary/aromatic N) is 3. The SMILES string of the molecule is O=C(c1cc(N2CCC(F)(CO)C2)ccn1)N1CCCCC1. The molecule has 3 heterocycles. The Hall–Kier alpha value is -1.69. The van der Waals surface area contributed by atoms with E-state index in [1.54, 1.807) is 18.3 Å². The van der Waals surface area contributed by atoms with Gasteiger partial charge >= 0.3 is 0 Å². The van der Waals surface area contributed by atoms with Crippen molar-refractivity contribution >= 4 is 11.6 Å². The molecular weight excluding hydrogens is 285 g/mol. The van der Waals surface area contributed by atoms with Crippen LogP contribution in [0, 0.1) is 0 Å². The van der Waals surface area contributed by atoms with E-state index in [2.05, 4.69) is 4.98 Å². The Morgan fingerprint density at radius 3 is 2.77 bits per heavy atom. The van der Waals surface area contributed by atoms with E-state index < -0.39 is 12.3 Å². The molecule has 1 N–H and O–H groups in total. The van der Waals surface area contributed by atoms with Crippen LogP contribution in [0.3, 0.4) is 0 Å². The number of likely N-dealkylation sites (tertiary alicyclic amines) is 1. The highest BCUT2D eigenvalue weighted by molar-refractivity contribution is 5.93. The third-order valence-corrected chi connectivity index (χ3v) is 4.56. The van der Waals surface area contributed by atoms with Crippen LogP contribution in [0.4, 0.5) is 10.1 Å². The molecule has 0 aromatic carbocycles. The van der Waals surface area contributed by atoms with Crippen LogP contribution in [-0.2, 0) is 0 Å². The van der Waals surface area contributed by atoms with Gasteiger partial charge in [0.1, 0.15) is 5.69 Å². The fraction of sp³-hybridized carbons (Fsp3) is 0.625. The number of amides is 1. The number of halogens is 1. The lowest BCUT2D eigenvalue weighted by atomic mass is 10.1. The summed E-state index contributed by atoms with van der Waals surface area (Å²) in [5, 5.41) is 9.13. The quantitative estimate of drug-likeness (QED) is 0.922. The number of carbonyl (C=O) groups is 1. The summed E-state index contributed by atoms with van der Waals surface area (Å²) in [6.45, 7) is 1.80. The lowest BCUT2D eigenvalue weighted by Crippen LogP contribution is -2.36. The topological polar surface area (TPSA) is 56.7 Å². The first-order valence-corrected chi connectivity index (χ1v) is 7.91. The molecule has 0 radical (unpaired) electrons. The summed E-state index contributed by atoms with van der Waals surface area (Å²) >= 11 is 0. The molecule has 120 valence electrons. The number of aliphatic hydroxyl groups excluding tert-OH is 1. The zero-order chi connectivity index (χ0) is 15.6. The standard InChI is InChI=1S/C16H22FN3O2/c17-16(12-21)5-9-20(11-16)13-4-6-18-14(10-13)15(22)19-7-2-1-3-8-19/h4,6,10,21H,1-3,5,7-9,11-12H2. The Bertz CT molecular complexity index is 548. The van der Waals surface area contributed by atoms with Crippen LogP contribution in [-0.4, -0.2) is 59.4 Å². The van der Waals surface area contributed by atoms with Crippen molar-refractivity contribution in [2.24, 2.45) is 0 Å². The highest BCUT2D eigenvalue weighted by atomic mass is 19.1. The van der Waals surface area contributed by atoms with Gasteiger partial charge in [-0.15, -0.1) is 0 Å². The van der Waals surface area contributed by atoms with Crippen molar-refractivity contribution in [2.45, 2.75) is 31.4 Å². The fourth-order valence-corrected chi connectivity index (χ4v) is 3.18. The van der Waals surface area contributed by atoms with E-state index in [0.717, 1.165) is 31.6 Å². The van der Waals surface area contributed by atoms with Crippen LogP contribution in [0.1, 0.15) is 36.2 Å². The van der Waals surface area contributed by atoms with Crippen molar-refractivity contribution in [1.82, 2.24) is 9.88 Å². The molecule has 5 nitrogen and oxygen atoms in total. The zero-order valence-corrected chi connectivity index (χ0v) is 12.7. The highest BCUT2D eigenvalue weighted by Crippen LogP contribution is 2.29. The van der Waals surface area contributed by atoms with Gasteiger partial charge in [0.25, 0.3) is 5.91 Å². The maximum atomic E-state index is 14.1. The number of pyridine rings is 1. The minimum Gasteiger partial charge on any atom is -0.393 e. The fourth-order valence-electron chi connectivity index (χ4n) is 3.18. The molecule has 1 unspecified atom stereocenters. The number of carbonyl (C=O) groups excluding carboxylic acids is 1. The molecule has 22 heavy (non-hydrogen) atoms. The lowest BCUT2D eigenvalue weighted by Gasteiger charge is -2.27. The molecule has 0 spiro atoms. The molecule has 6 heteroatoms. The summed E-state index contributed by atoms with van der Waals surface area (Å²) in [5.41, 5.74) is -0.330. The third-order valence-electron chi connectivity index (χ3n) is 4.56. The van der Waals surface area contributed by atoms with Crippen molar-refractivity contribution in [2.75, 3.05) is 37.7 Å². The Morgan fingerprint density at radius 1 is 1.32 bits per heavy atom. The number of piperidine rings is 1. The van der Waals surface area contributed by atoms with E-state index in [9.17, 15) is 9.18 Å². The van der Waals surface area contributed by atoms with Crippen molar-refractivity contribution in [3.63, 3.8) is 0 Å². The van der Waals surface area contributed by atoms with E-state index in [-0.39, 0.29) is 12.5 Å². The molecule has 3 rings (SSSR count). The second-order valence-corrected chi connectivity index (χ2v) is 6.23. The molecule has 0 aliphatic carbocycles. The first-order valence-electron chi connectivity index (χ1n) is 7.91. The van der Waals surface area contributed by atoms with Crippen molar-refractivity contribution in [3.8, 4) is 0 Å². The van der Waals surface area contributed by atoms with Gasteiger partial charge in [-0.05, 0) is 31.4 Å². The van der Waals surface area contributed by atoms with Gasteiger partial charge in [0.15, 0.2) is 5.67 Å². The van der Waals surface area contributed by atoms with E-state index in [1.807, 2.05) is 9.80 Å². The molecule has 2 saturated heterocycles. The van der Waals surface area contributed by atoms with Crippen LogP contribution in [0.25, 0.3) is 0 Å². The number of alkyl halides is 1. The number of aliphatic hydroxyl groups is 1. The van der Waals surface area contributed by atoms with Crippen LogP contribution >= 0.6 is 0 Å². The maximum absolute atomic E-state index is 14.1. The Balaban J connectivity index is 1.74. The maximum Gasteiger partial charge on any atom is 0.272 e. The molecule has 1 aromatic rings. The monoisotopic (exact) mass is 307 g/mol. The first-order chi connectivity index (χ1) is 10.6. The molecule has 2 aliphatic heterocycles. The van der Waals surface area contributed by atoms with Gasteiger partial charge in [-0.1, -0.05) is 0 Å². The van der Waals surface area contributed by atoms with E-state index in [1.165, 1.54) is 6.42 Å². The second kappa shape index (κ2) is 6.20. The van der Waals surface area contributed by atoms with E-state index in [0.29, 0.717) is 18.7 Å². The van der Waals surface area contributed by atoms with Gasteiger partial charge < -0.3 is 14.9 Å². The van der Waals surface area contributed by atoms with Crippen molar-refractivity contribution in [3.05, 3.63) is 24.0 Å². The molecule has 1 atom stereocenters. The number of aromatic nitrogens is 1. The number of hydrogen-bond acceptors (Lipinski definition) is 4. The normalized spacial score (nSPS) is 25.5. The number of anilines is 1. The minimum absolute atomic E-state index is 0.0468. The highest BCUT2D eigenvalue weighted by Gasteiger charge is 2.38. The summed E-state index contributed by atoms with van der Waals surface area (Å²) in [6.07, 6.45) is 5.16. The lowest BCUT2D eigenvalue weighted by molar-refractivity contribution is 0.0718. The van der Waals surface area contributed by atoms with Crippen LogP contribution in [0.2, 0.25) is 0 Å². The summed E-state index contributed by atoms with van der Waals surface area (Å²) in [7, 11) is 0. The van der Waals surface area contributed by atoms with Gasteiger partial charge in [0.05, 0.1) is 13.2 Å². The second-order valence-electron chi connectivity index (χ2n) is 6.23. The van der Waals surface area contributed by atoms with Crippen LogP contribution in [0.15, 0.2) is 18.3 Å². The Kier molecular flexibility index (Phi) is 4.29. The van der Waals surface area contributed by atoms with Crippen molar-refractivity contribution in [1.29, 1.82) is 0 Å². The number of hydrogen-bond donors (Lipinski definition) is 1. The zero-order valence-electron chi connectivity index (χ0n) is 12.7.